The van der Waals surface area contributed by atoms with Gasteiger partial charge in [0.25, 0.3) is 0 Å². The molecule has 0 aromatic heterocycles. The Morgan fingerprint density at radius 3 is 2.33 bits per heavy atom. The van der Waals surface area contributed by atoms with Crippen LogP contribution >= 0.6 is 34.8 Å². The lowest BCUT2D eigenvalue weighted by molar-refractivity contribution is 0.0969. The molecule has 2 unspecified atom stereocenters. The molecule has 1 aliphatic carbocycles. The van der Waals surface area contributed by atoms with Gasteiger partial charge in [0.1, 0.15) is 20.6 Å². The molecule has 0 spiro atoms. The van der Waals surface area contributed by atoms with Gasteiger partial charge in [-0.15, -0.1) is 0 Å². The molecule has 1 heterocycles. The van der Waals surface area contributed by atoms with Crippen LogP contribution in [0.4, 0.5) is 0 Å². The Morgan fingerprint density at radius 2 is 1.58 bits per heavy atom. The maximum atomic E-state index is 13.0. The first-order valence-corrected chi connectivity index (χ1v) is 9.84. The van der Waals surface area contributed by atoms with Crippen molar-refractivity contribution in [3.63, 3.8) is 0 Å². The Kier molecular flexibility index (Phi) is 4.17. The molecule has 0 amide bonds. The number of hydrogen-bond donors (Lipinski definition) is 0. The predicted molar refractivity (Wildman–Crippen MR) is 104 cm³/mol. The maximum Gasteiger partial charge on any atom is 0.183 e. The number of ketones is 1. The highest BCUT2D eigenvalue weighted by atomic mass is 35.5. The molecule has 5 heteroatoms. The van der Waals surface area contributed by atoms with Crippen molar-refractivity contribution in [1.82, 2.24) is 0 Å². The molecule has 1 nitrogen and oxygen atoms in total. The molecular formula is C19H12Cl3OS+. The lowest BCUT2D eigenvalue weighted by Gasteiger charge is -2.24. The fraction of sp³-hybridized carbons (Fsp3) is 0.0526. The van der Waals surface area contributed by atoms with Crippen molar-refractivity contribution in [1.29, 1.82) is 0 Å². The summed E-state index contributed by atoms with van der Waals surface area (Å²) in [6, 6.07) is 13.4. The van der Waals surface area contributed by atoms with Crippen LogP contribution in [0.25, 0.3) is 0 Å². The number of Topliss-reactive ketones (excluding diaryl/α,β-unsaturated/α-hetero) is 1. The smallest absolute Gasteiger partial charge is 0.183 e. The average Bonchev–Trinajstić information content (AvgIpc) is 2.57. The zero-order valence-corrected chi connectivity index (χ0v) is 15.5. The quantitative estimate of drug-likeness (QED) is 0.357. The lowest BCUT2D eigenvalue weighted by atomic mass is 9.91. The average molecular weight is 395 g/mol. The third-order valence-electron chi connectivity index (χ3n) is 4.15. The monoisotopic (exact) mass is 393 g/mol. The van der Waals surface area contributed by atoms with E-state index in [4.69, 9.17) is 34.8 Å². The highest BCUT2D eigenvalue weighted by molar-refractivity contribution is 7.97. The number of benzene rings is 2. The van der Waals surface area contributed by atoms with Gasteiger partial charge in [-0.1, -0.05) is 45.3 Å². The van der Waals surface area contributed by atoms with Crippen LogP contribution in [0.1, 0.15) is 10.4 Å². The Morgan fingerprint density at radius 1 is 0.875 bits per heavy atom. The summed E-state index contributed by atoms with van der Waals surface area (Å²) >= 11 is 18.3. The summed E-state index contributed by atoms with van der Waals surface area (Å²) in [5.74, 6) is -0.270. The van der Waals surface area contributed by atoms with Gasteiger partial charge in [-0.25, -0.2) is 0 Å². The van der Waals surface area contributed by atoms with Crippen molar-refractivity contribution in [3.05, 3.63) is 81.3 Å². The van der Waals surface area contributed by atoms with Crippen molar-refractivity contribution in [3.8, 4) is 0 Å². The normalized spacial score (nSPS) is 22.0. The molecular weight excluding hydrogens is 383 g/mol. The highest BCUT2D eigenvalue weighted by Gasteiger charge is 2.38. The zero-order valence-electron chi connectivity index (χ0n) is 12.3. The number of fused-ring (bicyclic) bond motifs is 2. The summed E-state index contributed by atoms with van der Waals surface area (Å²) in [7, 11) is -0.822. The van der Waals surface area contributed by atoms with Crippen molar-refractivity contribution in [2.75, 3.05) is 0 Å². The van der Waals surface area contributed by atoms with Gasteiger partial charge in [-0.05, 0) is 60.7 Å². The van der Waals surface area contributed by atoms with Gasteiger partial charge in [0.05, 0.1) is 5.56 Å². The summed E-state index contributed by atoms with van der Waals surface area (Å²) in [5, 5.41) is 1.86. The van der Waals surface area contributed by atoms with Gasteiger partial charge in [-0.3, -0.25) is 4.79 Å². The number of thiol groups is 1. The highest BCUT2D eigenvalue weighted by Crippen LogP contribution is 2.36. The molecule has 2 aromatic carbocycles. The minimum atomic E-state index is -0.822. The van der Waals surface area contributed by atoms with Crippen LogP contribution in [0.5, 0.6) is 0 Å². The third-order valence-corrected chi connectivity index (χ3v) is 7.52. The SMILES string of the molecule is O=C1c2cc(Cl)ccc2[SH+](c2ccc(Cl)cc2)=C2C=CC(Cl)=CC12. The van der Waals surface area contributed by atoms with Gasteiger partial charge >= 0.3 is 0 Å². The third kappa shape index (κ3) is 2.68. The van der Waals surface area contributed by atoms with E-state index >= 15 is 0 Å². The number of carbonyl (C=O) groups excluding carboxylic acids is 1. The summed E-state index contributed by atoms with van der Waals surface area (Å²) in [5.41, 5.74) is 0.688. The van der Waals surface area contributed by atoms with Gasteiger partial charge < -0.3 is 0 Å². The van der Waals surface area contributed by atoms with Crippen LogP contribution in [0.15, 0.2) is 75.5 Å². The van der Waals surface area contributed by atoms with E-state index in [1.165, 1.54) is 0 Å². The molecule has 1 aliphatic heterocycles. The number of allylic oxidation sites excluding steroid dienone is 4. The van der Waals surface area contributed by atoms with Crippen LogP contribution in [0.2, 0.25) is 10.0 Å². The number of hydrogen-bond acceptors (Lipinski definition) is 1. The molecule has 120 valence electrons. The second-order valence-electron chi connectivity index (χ2n) is 5.62. The minimum Gasteiger partial charge on any atom is -0.293 e. The summed E-state index contributed by atoms with van der Waals surface area (Å²) < 4.78 is 0. The molecule has 2 aliphatic rings. The zero-order chi connectivity index (χ0) is 16.8. The van der Waals surface area contributed by atoms with Crippen LogP contribution in [-0.4, -0.2) is 10.6 Å². The van der Waals surface area contributed by atoms with E-state index in [1.807, 2.05) is 54.6 Å². The Hall–Kier alpha value is -1.32. The number of halogens is 3. The standard InChI is InChI=1S/C19H11Cl3OS/c20-11-1-5-14(6-2-11)24-17-7-3-12(21)9-15(17)19(23)16-10-13(22)4-8-18(16)24/h1-10,15H/p+1. The first kappa shape index (κ1) is 16.2. The van der Waals surface area contributed by atoms with Crippen molar-refractivity contribution in [2.45, 2.75) is 9.79 Å². The Labute approximate surface area is 157 Å². The largest absolute Gasteiger partial charge is 0.293 e. The maximum absolute atomic E-state index is 13.0. The van der Waals surface area contributed by atoms with Crippen molar-refractivity contribution < 1.29 is 4.79 Å². The summed E-state index contributed by atoms with van der Waals surface area (Å²) in [4.78, 5) is 16.2. The second-order valence-corrected chi connectivity index (χ2v) is 9.12. The topological polar surface area (TPSA) is 17.1 Å². The fourth-order valence-electron chi connectivity index (χ4n) is 3.08. The molecule has 4 rings (SSSR count). The van der Waals surface area contributed by atoms with E-state index in [9.17, 15) is 4.79 Å². The molecule has 0 N–H and O–H groups in total. The Balaban J connectivity index is 2.03. The molecule has 2 aromatic rings. The molecule has 0 fully saturated rings. The van der Waals surface area contributed by atoms with E-state index in [2.05, 4.69) is 0 Å². The van der Waals surface area contributed by atoms with E-state index in [-0.39, 0.29) is 11.7 Å². The predicted octanol–water partition coefficient (Wildman–Crippen LogP) is 5.44. The van der Waals surface area contributed by atoms with E-state index in [0.717, 1.165) is 14.7 Å². The molecule has 24 heavy (non-hydrogen) atoms. The molecule has 0 radical (unpaired) electrons. The lowest BCUT2D eigenvalue weighted by Crippen LogP contribution is -2.32. The number of rotatable bonds is 1. The van der Waals surface area contributed by atoms with Gasteiger partial charge in [0.15, 0.2) is 5.78 Å². The Bertz CT molecular complexity index is 955. The van der Waals surface area contributed by atoms with Gasteiger partial charge in [-0.2, -0.15) is 0 Å². The summed E-state index contributed by atoms with van der Waals surface area (Å²) in [6.07, 6.45) is 5.67. The molecule has 0 bridgehead atoms. The van der Waals surface area contributed by atoms with Crippen molar-refractivity contribution in [2.24, 2.45) is 5.92 Å². The first-order valence-electron chi connectivity index (χ1n) is 7.36. The second kappa shape index (κ2) is 6.20. The van der Waals surface area contributed by atoms with Crippen molar-refractivity contribution >= 4 is 55.9 Å². The summed E-state index contributed by atoms with van der Waals surface area (Å²) in [6.45, 7) is 0. The van der Waals surface area contributed by atoms with E-state index in [0.29, 0.717) is 20.6 Å². The van der Waals surface area contributed by atoms with E-state index in [1.54, 1.807) is 6.07 Å². The molecule has 0 saturated heterocycles. The fourth-order valence-corrected chi connectivity index (χ4v) is 6.20. The van der Waals surface area contributed by atoms with Gasteiger partial charge in [0, 0.05) is 15.1 Å². The van der Waals surface area contributed by atoms with E-state index < -0.39 is 10.5 Å². The molecule has 0 saturated carbocycles. The van der Waals surface area contributed by atoms with Crippen LogP contribution in [-0.2, 0) is 10.5 Å². The molecule has 2 atom stereocenters. The first-order chi connectivity index (χ1) is 11.5. The van der Waals surface area contributed by atoms with Crippen LogP contribution in [0.3, 0.4) is 0 Å². The number of carbonyl (C=O) groups is 1. The van der Waals surface area contributed by atoms with Gasteiger partial charge in [0.2, 0.25) is 0 Å². The minimum absolute atomic E-state index is 0.0534. The van der Waals surface area contributed by atoms with Crippen LogP contribution in [0, 0.1) is 5.92 Å². The van der Waals surface area contributed by atoms with Crippen LogP contribution < -0.4 is 0 Å².